The number of anilines is 1. The molecule has 4 heterocycles. The molecule has 0 radical (unpaired) electrons. The van der Waals surface area contributed by atoms with Gasteiger partial charge in [0, 0.05) is 43.8 Å². The van der Waals surface area contributed by atoms with E-state index in [1.165, 1.54) is 0 Å². The van der Waals surface area contributed by atoms with Crippen molar-refractivity contribution in [1.82, 2.24) is 19.7 Å². The molecule has 3 fully saturated rings. The van der Waals surface area contributed by atoms with Gasteiger partial charge in [-0.3, -0.25) is 9.36 Å². The Balaban J connectivity index is 1.65. The Labute approximate surface area is 153 Å². The van der Waals surface area contributed by atoms with Gasteiger partial charge in [-0.25, -0.2) is 0 Å². The van der Waals surface area contributed by atoms with E-state index in [0.29, 0.717) is 17.7 Å². The van der Waals surface area contributed by atoms with Gasteiger partial charge in [-0.05, 0) is 25.7 Å². The van der Waals surface area contributed by atoms with Crippen LogP contribution in [-0.4, -0.2) is 76.0 Å². The first-order valence-electron chi connectivity index (χ1n) is 9.46. The molecule has 3 aliphatic rings. The van der Waals surface area contributed by atoms with Crippen LogP contribution in [0.25, 0.3) is 0 Å². The zero-order chi connectivity index (χ0) is 17.2. The normalized spacial score (nSPS) is 27.2. The van der Waals surface area contributed by atoms with Crippen LogP contribution in [0.2, 0.25) is 0 Å². The van der Waals surface area contributed by atoms with Crippen molar-refractivity contribution in [3.05, 3.63) is 5.82 Å². The fraction of sp³-hybridized carbons (Fsp3) is 0.824. The van der Waals surface area contributed by atoms with Crippen LogP contribution >= 0.6 is 11.8 Å². The number of thioether (sulfide) groups is 1. The predicted molar refractivity (Wildman–Crippen MR) is 98.4 cm³/mol. The lowest BCUT2D eigenvalue weighted by atomic mass is 10.2. The maximum absolute atomic E-state index is 13.0. The quantitative estimate of drug-likeness (QED) is 0.811. The zero-order valence-corrected chi connectivity index (χ0v) is 15.7. The predicted octanol–water partition coefficient (Wildman–Crippen LogP) is 1.81. The summed E-state index contributed by atoms with van der Waals surface area (Å²) in [6, 6.07) is 0.168. The summed E-state index contributed by atoms with van der Waals surface area (Å²) in [4.78, 5) is 17.2. The summed E-state index contributed by atoms with van der Waals surface area (Å²) in [7, 11) is 0. The van der Waals surface area contributed by atoms with Crippen molar-refractivity contribution in [3.63, 3.8) is 0 Å². The molecule has 0 aliphatic carbocycles. The molecule has 0 aromatic carbocycles. The fourth-order valence-corrected chi connectivity index (χ4v) is 5.10. The van der Waals surface area contributed by atoms with Gasteiger partial charge in [0.25, 0.3) is 5.91 Å². The Morgan fingerprint density at radius 1 is 1.28 bits per heavy atom. The highest BCUT2D eigenvalue weighted by Crippen LogP contribution is 2.30. The second-order valence-electron chi connectivity index (χ2n) is 7.06. The maximum Gasteiger partial charge on any atom is 0.291 e. The Bertz CT molecular complexity index is 610. The van der Waals surface area contributed by atoms with E-state index in [2.05, 4.69) is 26.6 Å². The van der Waals surface area contributed by atoms with Crippen LogP contribution < -0.4 is 4.90 Å². The lowest BCUT2D eigenvalue weighted by Gasteiger charge is -2.33. The maximum atomic E-state index is 13.0. The molecule has 2 atom stereocenters. The Hall–Kier alpha value is -1.28. The van der Waals surface area contributed by atoms with Gasteiger partial charge in [-0.15, -0.1) is 10.2 Å². The van der Waals surface area contributed by atoms with E-state index in [9.17, 15) is 4.79 Å². The summed E-state index contributed by atoms with van der Waals surface area (Å²) in [5.41, 5.74) is 0. The molecule has 1 amide bonds. The molecular weight excluding hydrogens is 338 g/mol. The largest absolute Gasteiger partial charge is 0.379 e. The van der Waals surface area contributed by atoms with Gasteiger partial charge >= 0.3 is 0 Å². The number of hydrogen-bond acceptors (Lipinski definition) is 6. The number of amides is 1. The number of ether oxygens (including phenoxy) is 1. The summed E-state index contributed by atoms with van der Waals surface area (Å²) < 4.78 is 7.68. The first kappa shape index (κ1) is 17.1. The van der Waals surface area contributed by atoms with Gasteiger partial charge < -0.3 is 14.5 Å². The molecule has 3 saturated heterocycles. The minimum atomic E-state index is 0.0292. The molecule has 0 bridgehead atoms. The van der Waals surface area contributed by atoms with E-state index in [1.54, 1.807) is 0 Å². The molecule has 3 aliphatic heterocycles. The number of carbonyl (C=O) groups is 1. The van der Waals surface area contributed by atoms with Crippen LogP contribution in [0.5, 0.6) is 0 Å². The van der Waals surface area contributed by atoms with E-state index in [1.807, 2.05) is 16.7 Å². The van der Waals surface area contributed by atoms with E-state index in [-0.39, 0.29) is 11.9 Å². The summed E-state index contributed by atoms with van der Waals surface area (Å²) >= 11 is 2.03. The third-order valence-electron chi connectivity index (χ3n) is 5.41. The Morgan fingerprint density at radius 3 is 2.84 bits per heavy atom. The van der Waals surface area contributed by atoms with Crippen molar-refractivity contribution in [1.29, 1.82) is 0 Å². The highest BCUT2D eigenvalue weighted by molar-refractivity contribution is 8.00. The van der Waals surface area contributed by atoms with Crippen LogP contribution in [0, 0.1) is 0 Å². The van der Waals surface area contributed by atoms with Crippen LogP contribution in [0.1, 0.15) is 49.3 Å². The van der Waals surface area contributed by atoms with E-state index in [4.69, 9.17) is 4.74 Å². The molecule has 7 nitrogen and oxygen atoms in total. The van der Waals surface area contributed by atoms with Crippen molar-refractivity contribution in [2.45, 2.75) is 43.9 Å². The van der Waals surface area contributed by atoms with E-state index in [0.717, 1.165) is 70.2 Å². The summed E-state index contributed by atoms with van der Waals surface area (Å²) in [6.07, 6.45) is 4.24. The number of aromatic nitrogens is 3. The number of likely N-dealkylation sites (tertiary alicyclic amines) is 1. The highest BCUT2D eigenvalue weighted by atomic mass is 32.2. The molecule has 138 valence electrons. The van der Waals surface area contributed by atoms with Crippen molar-refractivity contribution in [2.24, 2.45) is 0 Å². The fourth-order valence-electron chi connectivity index (χ4n) is 3.92. The number of carbonyl (C=O) groups excluding carboxylic acids is 1. The lowest BCUT2D eigenvalue weighted by molar-refractivity contribution is 0.0772. The van der Waals surface area contributed by atoms with Crippen LogP contribution in [0.3, 0.4) is 0 Å². The van der Waals surface area contributed by atoms with Gasteiger partial charge in [0.1, 0.15) is 0 Å². The first-order valence-corrected chi connectivity index (χ1v) is 10.5. The molecule has 0 N–H and O–H groups in total. The third-order valence-corrected chi connectivity index (χ3v) is 6.78. The second kappa shape index (κ2) is 7.53. The molecule has 1 aromatic heterocycles. The third kappa shape index (κ3) is 3.38. The average Bonchev–Trinajstić information content (AvgIpc) is 3.41. The second-order valence-corrected chi connectivity index (χ2v) is 8.47. The SMILES string of the molecule is CCC1CN(c2nnc(C(=O)N3CCCC3)n2C2CCOC2)CCS1. The molecule has 0 saturated carbocycles. The number of hydrogen-bond donors (Lipinski definition) is 0. The number of nitrogens with zero attached hydrogens (tertiary/aromatic N) is 5. The summed E-state index contributed by atoms with van der Waals surface area (Å²) in [6.45, 7) is 7.23. The van der Waals surface area contributed by atoms with Gasteiger partial charge in [-0.2, -0.15) is 11.8 Å². The first-order chi connectivity index (χ1) is 12.3. The smallest absolute Gasteiger partial charge is 0.291 e. The van der Waals surface area contributed by atoms with Crippen LogP contribution in [0.15, 0.2) is 0 Å². The molecule has 1 aromatic rings. The molecule has 4 rings (SSSR count). The van der Waals surface area contributed by atoms with E-state index >= 15 is 0 Å². The molecule has 0 spiro atoms. The molecule has 8 heteroatoms. The van der Waals surface area contributed by atoms with Gasteiger partial charge in [0.2, 0.25) is 11.8 Å². The summed E-state index contributed by atoms with van der Waals surface area (Å²) in [5.74, 6) is 2.49. The standard InChI is InChI=1S/C17H27N5O2S/c1-2-14-11-21(8-10-25-14)17-19-18-15(16(23)20-6-3-4-7-20)22(17)13-5-9-24-12-13/h13-14H,2-12H2,1H3. The van der Waals surface area contributed by atoms with Gasteiger partial charge in [0.05, 0.1) is 12.6 Å². The minimum absolute atomic E-state index is 0.0292. The molecular formula is C17H27N5O2S. The zero-order valence-electron chi connectivity index (χ0n) is 14.9. The Kier molecular flexibility index (Phi) is 5.17. The monoisotopic (exact) mass is 365 g/mol. The average molecular weight is 366 g/mol. The molecule has 25 heavy (non-hydrogen) atoms. The van der Waals surface area contributed by atoms with Crippen molar-refractivity contribution < 1.29 is 9.53 Å². The van der Waals surface area contributed by atoms with Gasteiger partial charge in [0.15, 0.2) is 0 Å². The lowest BCUT2D eigenvalue weighted by Crippen LogP contribution is -2.40. The topological polar surface area (TPSA) is 63.5 Å². The van der Waals surface area contributed by atoms with Crippen molar-refractivity contribution >= 4 is 23.6 Å². The minimum Gasteiger partial charge on any atom is -0.379 e. The summed E-state index contributed by atoms with van der Waals surface area (Å²) in [5, 5.41) is 9.44. The van der Waals surface area contributed by atoms with Crippen molar-refractivity contribution in [2.75, 3.05) is 50.0 Å². The molecule has 2 unspecified atom stereocenters. The highest BCUT2D eigenvalue weighted by Gasteiger charge is 2.33. The van der Waals surface area contributed by atoms with Gasteiger partial charge in [-0.1, -0.05) is 6.92 Å². The number of rotatable bonds is 4. The van der Waals surface area contributed by atoms with E-state index < -0.39 is 0 Å². The van der Waals surface area contributed by atoms with Crippen LogP contribution in [-0.2, 0) is 4.74 Å². The Morgan fingerprint density at radius 2 is 2.12 bits per heavy atom. The van der Waals surface area contributed by atoms with Crippen LogP contribution in [0.4, 0.5) is 5.95 Å². The van der Waals surface area contributed by atoms with Crippen molar-refractivity contribution in [3.8, 4) is 0 Å².